The van der Waals surface area contributed by atoms with Crippen molar-refractivity contribution in [1.82, 2.24) is 0 Å². The Kier molecular flexibility index (Phi) is 4.42. The van der Waals surface area contributed by atoms with Crippen LogP contribution in [0.15, 0.2) is 40.8 Å². The Morgan fingerprint density at radius 1 is 1.25 bits per heavy atom. The summed E-state index contributed by atoms with van der Waals surface area (Å²) < 4.78 is 9.93. The lowest BCUT2D eigenvalue weighted by Crippen LogP contribution is -2.15. The van der Waals surface area contributed by atoms with Crippen LogP contribution in [0, 0.1) is 0 Å². The normalized spacial score (nSPS) is 10.1. The Bertz CT molecular complexity index is 636. The van der Waals surface area contributed by atoms with E-state index in [4.69, 9.17) is 20.8 Å². The van der Waals surface area contributed by atoms with E-state index in [1.807, 2.05) is 0 Å². The molecule has 1 aromatic heterocycles. The van der Waals surface area contributed by atoms with E-state index in [9.17, 15) is 9.59 Å². The van der Waals surface area contributed by atoms with Crippen LogP contribution in [0.4, 0.5) is 5.69 Å². The molecule has 0 saturated heterocycles. The second-order valence-electron chi connectivity index (χ2n) is 3.82. The van der Waals surface area contributed by atoms with E-state index in [-0.39, 0.29) is 23.2 Å². The van der Waals surface area contributed by atoms with Crippen molar-refractivity contribution in [2.24, 2.45) is 0 Å². The smallest absolute Gasteiger partial charge is 0.340 e. The van der Waals surface area contributed by atoms with Gasteiger partial charge in [0.15, 0.2) is 11.0 Å². The minimum Gasteiger partial charge on any atom is -0.462 e. The summed E-state index contributed by atoms with van der Waals surface area (Å²) in [6.45, 7) is 1.97. The number of hydrogen-bond acceptors (Lipinski definition) is 4. The summed E-state index contributed by atoms with van der Waals surface area (Å²) in [5.74, 6) is -0.928. The van der Waals surface area contributed by atoms with E-state index in [0.29, 0.717) is 5.69 Å². The summed E-state index contributed by atoms with van der Waals surface area (Å²) in [5.41, 5.74) is 0.629. The van der Waals surface area contributed by atoms with E-state index in [2.05, 4.69) is 5.32 Å². The van der Waals surface area contributed by atoms with Crippen molar-refractivity contribution in [2.45, 2.75) is 6.92 Å². The predicted octanol–water partition coefficient (Wildman–Crippen LogP) is 3.36. The molecule has 5 nitrogen and oxygen atoms in total. The van der Waals surface area contributed by atoms with Crippen LogP contribution >= 0.6 is 11.6 Å². The van der Waals surface area contributed by atoms with Crippen LogP contribution in [-0.4, -0.2) is 18.5 Å². The SMILES string of the molecule is CCOC(=O)c1ccccc1NC(=O)c1ccc(Cl)o1. The van der Waals surface area contributed by atoms with Crippen molar-refractivity contribution < 1.29 is 18.7 Å². The molecule has 0 aliphatic rings. The lowest BCUT2D eigenvalue weighted by atomic mass is 10.1. The maximum Gasteiger partial charge on any atom is 0.340 e. The van der Waals surface area contributed by atoms with Gasteiger partial charge < -0.3 is 14.5 Å². The zero-order chi connectivity index (χ0) is 14.5. The van der Waals surface area contributed by atoms with Gasteiger partial charge in [-0.05, 0) is 42.8 Å². The average molecular weight is 294 g/mol. The van der Waals surface area contributed by atoms with E-state index in [1.54, 1.807) is 31.2 Å². The van der Waals surface area contributed by atoms with E-state index < -0.39 is 11.9 Å². The number of benzene rings is 1. The molecule has 0 atom stereocenters. The lowest BCUT2D eigenvalue weighted by molar-refractivity contribution is 0.0527. The first-order chi connectivity index (χ1) is 9.61. The molecular weight excluding hydrogens is 282 g/mol. The average Bonchev–Trinajstić information content (AvgIpc) is 2.86. The van der Waals surface area contributed by atoms with Crippen molar-refractivity contribution in [1.29, 1.82) is 0 Å². The summed E-state index contributed by atoms with van der Waals surface area (Å²) in [4.78, 5) is 23.7. The van der Waals surface area contributed by atoms with Crippen LogP contribution in [-0.2, 0) is 4.74 Å². The highest BCUT2D eigenvalue weighted by molar-refractivity contribution is 6.29. The van der Waals surface area contributed by atoms with Crippen LogP contribution in [0.1, 0.15) is 27.8 Å². The van der Waals surface area contributed by atoms with Crippen molar-refractivity contribution in [3.05, 3.63) is 52.9 Å². The predicted molar refractivity (Wildman–Crippen MR) is 74.1 cm³/mol. The Labute approximate surface area is 120 Å². The fourth-order valence-corrected chi connectivity index (χ4v) is 1.75. The van der Waals surface area contributed by atoms with Gasteiger partial charge in [0.1, 0.15) is 0 Å². The molecule has 2 aromatic rings. The summed E-state index contributed by atoms with van der Waals surface area (Å²) in [7, 11) is 0. The molecule has 6 heteroatoms. The second-order valence-corrected chi connectivity index (χ2v) is 4.20. The molecule has 0 unspecified atom stereocenters. The molecule has 2 rings (SSSR count). The first-order valence-electron chi connectivity index (χ1n) is 5.94. The number of ether oxygens (including phenoxy) is 1. The van der Waals surface area contributed by atoms with E-state index in [0.717, 1.165) is 0 Å². The maximum absolute atomic E-state index is 11.9. The largest absolute Gasteiger partial charge is 0.462 e. The van der Waals surface area contributed by atoms with Gasteiger partial charge in [0.2, 0.25) is 0 Å². The van der Waals surface area contributed by atoms with Crippen molar-refractivity contribution in [3.63, 3.8) is 0 Å². The number of esters is 1. The monoisotopic (exact) mass is 293 g/mol. The van der Waals surface area contributed by atoms with Gasteiger partial charge >= 0.3 is 5.97 Å². The molecule has 1 amide bonds. The first kappa shape index (κ1) is 14.1. The molecule has 0 fully saturated rings. The maximum atomic E-state index is 11.9. The minimum absolute atomic E-state index is 0.0636. The number of para-hydroxylation sites is 1. The fraction of sp³-hybridized carbons (Fsp3) is 0.143. The van der Waals surface area contributed by atoms with Gasteiger partial charge in [-0.2, -0.15) is 0 Å². The van der Waals surface area contributed by atoms with Crippen molar-refractivity contribution in [3.8, 4) is 0 Å². The fourth-order valence-electron chi connectivity index (χ4n) is 1.60. The van der Waals surface area contributed by atoms with Crippen LogP contribution < -0.4 is 5.32 Å². The minimum atomic E-state index is -0.499. The highest BCUT2D eigenvalue weighted by Gasteiger charge is 2.16. The van der Waals surface area contributed by atoms with Gasteiger partial charge in [0.25, 0.3) is 5.91 Å². The molecule has 1 aromatic carbocycles. The number of carbonyl (C=O) groups is 2. The third kappa shape index (κ3) is 3.19. The molecule has 0 aliphatic heterocycles. The quantitative estimate of drug-likeness (QED) is 0.878. The van der Waals surface area contributed by atoms with E-state index in [1.165, 1.54) is 12.1 Å². The lowest BCUT2D eigenvalue weighted by Gasteiger charge is -2.09. The molecule has 1 heterocycles. The zero-order valence-electron chi connectivity index (χ0n) is 10.7. The number of hydrogen-bond donors (Lipinski definition) is 1. The van der Waals surface area contributed by atoms with Gasteiger partial charge in [-0.25, -0.2) is 4.79 Å². The van der Waals surface area contributed by atoms with Gasteiger partial charge in [-0.15, -0.1) is 0 Å². The van der Waals surface area contributed by atoms with Crippen molar-refractivity contribution >= 4 is 29.2 Å². The topological polar surface area (TPSA) is 68.5 Å². The highest BCUT2D eigenvalue weighted by atomic mass is 35.5. The van der Waals surface area contributed by atoms with Crippen molar-refractivity contribution in [2.75, 3.05) is 11.9 Å². The Morgan fingerprint density at radius 3 is 2.65 bits per heavy atom. The summed E-state index contributed by atoms with van der Waals surface area (Å²) in [6, 6.07) is 9.48. The van der Waals surface area contributed by atoms with Gasteiger partial charge in [-0.1, -0.05) is 12.1 Å². The highest BCUT2D eigenvalue weighted by Crippen LogP contribution is 2.19. The third-order valence-electron chi connectivity index (χ3n) is 2.47. The number of amides is 1. The summed E-state index contributed by atoms with van der Waals surface area (Å²) >= 11 is 5.61. The number of furan rings is 1. The zero-order valence-corrected chi connectivity index (χ0v) is 11.4. The van der Waals surface area contributed by atoms with Crippen LogP contribution in [0.5, 0.6) is 0 Å². The summed E-state index contributed by atoms with van der Waals surface area (Å²) in [5, 5.41) is 2.71. The molecule has 0 bridgehead atoms. The number of carbonyl (C=O) groups excluding carboxylic acids is 2. The Hall–Kier alpha value is -2.27. The number of halogens is 1. The Balaban J connectivity index is 2.21. The van der Waals surface area contributed by atoms with Crippen LogP contribution in [0.25, 0.3) is 0 Å². The number of rotatable bonds is 4. The molecule has 20 heavy (non-hydrogen) atoms. The number of nitrogens with one attached hydrogen (secondary N) is 1. The molecule has 1 N–H and O–H groups in total. The second kappa shape index (κ2) is 6.25. The van der Waals surface area contributed by atoms with E-state index >= 15 is 0 Å². The third-order valence-corrected chi connectivity index (χ3v) is 2.67. The van der Waals surface area contributed by atoms with Crippen LogP contribution in [0.3, 0.4) is 0 Å². The molecule has 0 aliphatic carbocycles. The summed E-state index contributed by atoms with van der Waals surface area (Å²) in [6.07, 6.45) is 0. The Morgan fingerprint density at radius 2 is 2.00 bits per heavy atom. The van der Waals surface area contributed by atoms with Gasteiger partial charge in [0, 0.05) is 0 Å². The number of anilines is 1. The first-order valence-corrected chi connectivity index (χ1v) is 6.32. The molecule has 0 radical (unpaired) electrons. The van der Waals surface area contributed by atoms with Crippen LogP contribution in [0.2, 0.25) is 5.22 Å². The molecule has 0 saturated carbocycles. The standard InChI is InChI=1S/C14H12ClNO4/c1-2-19-14(18)9-5-3-4-6-10(9)16-13(17)11-7-8-12(15)20-11/h3-8H,2H2,1H3,(H,16,17). The van der Waals surface area contributed by atoms with Gasteiger partial charge in [-0.3, -0.25) is 4.79 Å². The molecule has 104 valence electrons. The molecule has 0 spiro atoms. The molecular formula is C14H12ClNO4. The van der Waals surface area contributed by atoms with Gasteiger partial charge in [0.05, 0.1) is 17.9 Å².